The molecule has 0 aliphatic carbocycles. The van der Waals surface area contributed by atoms with Crippen molar-refractivity contribution >= 4 is 5.96 Å². The van der Waals surface area contributed by atoms with Crippen LogP contribution in [-0.4, -0.2) is 54.0 Å². The molecule has 0 spiro atoms. The van der Waals surface area contributed by atoms with Gasteiger partial charge in [0.2, 0.25) is 0 Å². The van der Waals surface area contributed by atoms with Crippen LogP contribution < -0.4 is 5.32 Å². The lowest BCUT2D eigenvalue weighted by Crippen LogP contribution is -2.40. The minimum absolute atomic E-state index is 0.664. The summed E-state index contributed by atoms with van der Waals surface area (Å²) < 4.78 is 7.24. The van der Waals surface area contributed by atoms with Crippen molar-refractivity contribution in [3.8, 4) is 0 Å². The van der Waals surface area contributed by atoms with Gasteiger partial charge in [0, 0.05) is 52.2 Å². The van der Waals surface area contributed by atoms with Crippen LogP contribution in [-0.2, 0) is 18.3 Å². The van der Waals surface area contributed by atoms with Crippen molar-refractivity contribution in [3.05, 3.63) is 18.0 Å². The van der Waals surface area contributed by atoms with E-state index < -0.39 is 0 Å². The summed E-state index contributed by atoms with van der Waals surface area (Å²) in [5.74, 6) is 1.76. The second-order valence-corrected chi connectivity index (χ2v) is 5.96. The van der Waals surface area contributed by atoms with Gasteiger partial charge in [0.15, 0.2) is 5.96 Å². The summed E-state index contributed by atoms with van der Waals surface area (Å²) in [5, 5.41) is 7.56. The third-order valence-electron chi connectivity index (χ3n) is 4.08. The Bertz CT molecular complexity index is 465. The van der Waals surface area contributed by atoms with E-state index in [-0.39, 0.29) is 0 Å². The molecular formula is C16H29N5O. The number of nitrogens with zero attached hydrogens (tertiary/aromatic N) is 4. The second-order valence-electron chi connectivity index (χ2n) is 5.96. The summed E-state index contributed by atoms with van der Waals surface area (Å²) in [4.78, 5) is 6.95. The third kappa shape index (κ3) is 5.33. The zero-order chi connectivity index (χ0) is 15.8. The minimum Gasteiger partial charge on any atom is -0.381 e. The standard InChI is InChI=1S/C16H29N5O/c1-4-17-16(18-11-15-12-19-21(3)13-15)20(2)8-5-14-6-9-22-10-7-14/h12-14H,4-11H2,1-3H3,(H,17,18). The number of nitrogens with one attached hydrogen (secondary N) is 1. The number of hydrogen-bond acceptors (Lipinski definition) is 3. The van der Waals surface area contributed by atoms with Crippen LogP contribution in [0.15, 0.2) is 17.4 Å². The first-order chi connectivity index (χ1) is 10.7. The molecule has 1 aromatic heterocycles. The fraction of sp³-hybridized carbons (Fsp3) is 0.750. The highest BCUT2D eigenvalue weighted by Crippen LogP contribution is 2.18. The molecule has 1 aromatic rings. The van der Waals surface area contributed by atoms with Crippen molar-refractivity contribution in [1.29, 1.82) is 0 Å². The van der Waals surface area contributed by atoms with Crippen LogP contribution in [0.1, 0.15) is 31.7 Å². The molecule has 0 bridgehead atoms. The third-order valence-corrected chi connectivity index (χ3v) is 4.08. The lowest BCUT2D eigenvalue weighted by Gasteiger charge is -2.26. The van der Waals surface area contributed by atoms with Crippen molar-refractivity contribution in [2.45, 2.75) is 32.7 Å². The molecule has 124 valence electrons. The van der Waals surface area contributed by atoms with E-state index in [0.29, 0.717) is 6.54 Å². The normalized spacial score (nSPS) is 16.8. The van der Waals surface area contributed by atoms with Crippen molar-refractivity contribution in [3.63, 3.8) is 0 Å². The maximum absolute atomic E-state index is 5.42. The summed E-state index contributed by atoms with van der Waals surface area (Å²) in [5.41, 5.74) is 1.13. The first-order valence-electron chi connectivity index (χ1n) is 8.23. The lowest BCUT2D eigenvalue weighted by molar-refractivity contribution is 0.0625. The molecular weight excluding hydrogens is 278 g/mol. The van der Waals surface area contributed by atoms with Gasteiger partial charge >= 0.3 is 0 Å². The van der Waals surface area contributed by atoms with Crippen LogP contribution in [0.2, 0.25) is 0 Å². The summed E-state index contributed by atoms with van der Waals surface area (Å²) >= 11 is 0. The van der Waals surface area contributed by atoms with Gasteiger partial charge in [-0.05, 0) is 32.1 Å². The number of guanidine groups is 1. The SMILES string of the molecule is CCNC(=NCc1cnn(C)c1)N(C)CCC1CCOCC1. The molecule has 6 heteroatoms. The van der Waals surface area contributed by atoms with E-state index in [1.165, 1.54) is 19.3 Å². The quantitative estimate of drug-likeness (QED) is 0.641. The minimum atomic E-state index is 0.664. The van der Waals surface area contributed by atoms with Crippen LogP contribution in [0.4, 0.5) is 0 Å². The number of ether oxygens (including phenoxy) is 1. The summed E-state index contributed by atoms with van der Waals surface area (Å²) in [6.07, 6.45) is 7.47. The molecule has 6 nitrogen and oxygen atoms in total. The van der Waals surface area contributed by atoms with Crippen LogP contribution in [0, 0.1) is 5.92 Å². The molecule has 1 fully saturated rings. The molecule has 0 aromatic carbocycles. The van der Waals surface area contributed by atoms with Crippen molar-refractivity contribution in [1.82, 2.24) is 20.0 Å². The maximum Gasteiger partial charge on any atom is 0.193 e. The Hall–Kier alpha value is -1.56. The van der Waals surface area contributed by atoms with E-state index in [1.807, 2.05) is 24.1 Å². The highest BCUT2D eigenvalue weighted by atomic mass is 16.5. The first kappa shape index (κ1) is 16.8. The Labute approximate surface area is 133 Å². The van der Waals surface area contributed by atoms with Crippen LogP contribution in [0.5, 0.6) is 0 Å². The summed E-state index contributed by atoms with van der Waals surface area (Å²) in [7, 11) is 4.04. The molecule has 0 amide bonds. The van der Waals surface area contributed by atoms with Gasteiger partial charge in [0.05, 0.1) is 12.7 Å². The van der Waals surface area contributed by atoms with E-state index in [9.17, 15) is 0 Å². The van der Waals surface area contributed by atoms with Gasteiger partial charge in [-0.2, -0.15) is 5.10 Å². The van der Waals surface area contributed by atoms with Gasteiger partial charge in [-0.15, -0.1) is 0 Å². The summed E-state index contributed by atoms with van der Waals surface area (Å²) in [6, 6.07) is 0. The predicted octanol–water partition coefficient (Wildman–Crippen LogP) is 1.63. The van der Waals surface area contributed by atoms with Crippen molar-refractivity contribution in [2.75, 3.05) is 33.4 Å². The van der Waals surface area contributed by atoms with Crippen molar-refractivity contribution < 1.29 is 4.74 Å². The van der Waals surface area contributed by atoms with E-state index in [4.69, 9.17) is 9.73 Å². The molecule has 0 radical (unpaired) electrons. The Morgan fingerprint density at radius 3 is 2.91 bits per heavy atom. The molecule has 1 N–H and O–H groups in total. The lowest BCUT2D eigenvalue weighted by atomic mass is 9.96. The highest BCUT2D eigenvalue weighted by Gasteiger charge is 2.15. The predicted molar refractivity (Wildman–Crippen MR) is 88.8 cm³/mol. The Morgan fingerprint density at radius 1 is 1.50 bits per heavy atom. The number of aromatic nitrogens is 2. The van der Waals surface area contributed by atoms with Gasteiger partial charge < -0.3 is 15.0 Å². The molecule has 1 aliphatic heterocycles. The van der Waals surface area contributed by atoms with Crippen LogP contribution >= 0.6 is 0 Å². The summed E-state index contributed by atoms with van der Waals surface area (Å²) in [6.45, 7) is 6.52. The Balaban J connectivity index is 1.84. The maximum atomic E-state index is 5.42. The molecule has 2 rings (SSSR count). The van der Waals surface area contributed by atoms with Gasteiger partial charge in [0.25, 0.3) is 0 Å². The van der Waals surface area contributed by atoms with Gasteiger partial charge in [-0.25, -0.2) is 4.99 Å². The number of aliphatic imine (C=N–C) groups is 1. The Morgan fingerprint density at radius 2 is 2.27 bits per heavy atom. The molecule has 0 saturated carbocycles. The number of aryl methyl sites for hydroxylation is 1. The molecule has 22 heavy (non-hydrogen) atoms. The molecule has 0 atom stereocenters. The topological polar surface area (TPSA) is 54.7 Å². The fourth-order valence-electron chi connectivity index (χ4n) is 2.71. The molecule has 0 unspecified atom stereocenters. The molecule has 1 saturated heterocycles. The highest BCUT2D eigenvalue weighted by molar-refractivity contribution is 5.79. The molecule has 1 aliphatic rings. The zero-order valence-electron chi connectivity index (χ0n) is 14.1. The number of hydrogen-bond donors (Lipinski definition) is 1. The van der Waals surface area contributed by atoms with Gasteiger partial charge in [-0.1, -0.05) is 0 Å². The van der Waals surface area contributed by atoms with Crippen molar-refractivity contribution in [2.24, 2.45) is 18.0 Å². The zero-order valence-corrected chi connectivity index (χ0v) is 14.1. The first-order valence-corrected chi connectivity index (χ1v) is 8.23. The van der Waals surface area contributed by atoms with Crippen LogP contribution in [0.25, 0.3) is 0 Å². The van der Waals surface area contributed by atoms with Gasteiger partial charge in [0.1, 0.15) is 0 Å². The van der Waals surface area contributed by atoms with E-state index in [1.54, 1.807) is 0 Å². The van der Waals surface area contributed by atoms with Gasteiger partial charge in [-0.3, -0.25) is 4.68 Å². The fourth-order valence-corrected chi connectivity index (χ4v) is 2.71. The monoisotopic (exact) mass is 307 g/mol. The van der Waals surface area contributed by atoms with E-state index in [2.05, 4.69) is 29.3 Å². The molecule has 2 heterocycles. The second kappa shape index (κ2) is 8.78. The van der Waals surface area contributed by atoms with Crippen LogP contribution in [0.3, 0.4) is 0 Å². The van der Waals surface area contributed by atoms with E-state index in [0.717, 1.165) is 43.7 Å². The Kier molecular flexibility index (Phi) is 6.71. The largest absolute Gasteiger partial charge is 0.381 e. The average Bonchev–Trinajstić information content (AvgIpc) is 2.95. The van der Waals surface area contributed by atoms with E-state index >= 15 is 0 Å². The number of rotatable bonds is 6. The smallest absolute Gasteiger partial charge is 0.193 e. The average molecular weight is 307 g/mol.